The van der Waals surface area contributed by atoms with Gasteiger partial charge in [-0.3, -0.25) is 0 Å². The van der Waals surface area contributed by atoms with Crippen LogP contribution in [0.25, 0.3) is 0 Å². The van der Waals surface area contributed by atoms with Crippen LogP contribution in [-0.2, 0) is 0 Å². The van der Waals surface area contributed by atoms with Gasteiger partial charge in [-0.2, -0.15) is 0 Å². The van der Waals surface area contributed by atoms with Gasteiger partial charge in [0.2, 0.25) is 0 Å². The topological polar surface area (TPSA) is 33.3 Å². The van der Waals surface area contributed by atoms with Crippen molar-refractivity contribution in [3.8, 4) is 5.75 Å². The summed E-state index contributed by atoms with van der Waals surface area (Å²) in [5, 5.41) is 6.97. The molecule has 0 saturated heterocycles. The summed E-state index contributed by atoms with van der Waals surface area (Å²) in [6.45, 7) is 0. The van der Waals surface area contributed by atoms with Crippen molar-refractivity contribution >= 4 is 34.8 Å². The summed E-state index contributed by atoms with van der Waals surface area (Å²) in [4.78, 5) is 1.11. The van der Waals surface area contributed by atoms with Crippen LogP contribution in [0.15, 0.2) is 47.4 Å². The van der Waals surface area contributed by atoms with Crippen LogP contribution in [0.2, 0.25) is 0 Å². The molecule has 23 heavy (non-hydrogen) atoms. The molecular weight excluding hydrogens is 331 g/mol. The molecule has 0 aromatic heterocycles. The van der Waals surface area contributed by atoms with Crippen molar-refractivity contribution in [1.82, 2.24) is 5.32 Å². The Morgan fingerprint density at radius 3 is 2.78 bits per heavy atom. The van der Waals surface area contributed by atoms with Gasteiger partial charge in [0.05, 0.1) is 13.2 Å². The molecule has 3 rings (SSSR count). The molecule has 1 heterocycles. The van der Waals surface area contributed by atoms with Gasteiger partial charge in [0.25, 0.3) is 0 Å². The summed E-state index contributed by atoms with van der Waals surface area (Å²) in [6, 6.07) is 12.5. The Morgan fingerprint density at radius 1 is 1.26 bits per heavy atom. The van der Waals surface area contributed by atoms with Crippen LogP contribution in [0.1, 0.15) is 18.0 Å². The van der Waals surface area contributed by atoms with Crippen molar-refractivity contribution in [1.29, 1.82) is 0 Å². The normalized spacial score (nSPS) is 16.3. The number of methoxy groups -OCH3 is 1. The minimum absolute atomic E-state index is 0.0280. The second-order valence-corrected chi connectivity index (χ2v) is 6.74. The number of hydrogen-bond donors (Lipinski definition) is 2. The zero-order valence-corrected chi connectivity index (χ0v) is 14.3. The average molecular weight is 348 g/mol. The number of benzene rings is 2. The predicted molar refractivity (Wildman–Crippen MR) is 96.8 cm³/mol. The average Bonchev–Trinajstić information content (AvgIpc) is 2.56. The van der Waals surface area contributed by atoms with Crippen molar-refractivity contribution in [2.24, 2.45) is 0 Å². The lowest BCUT2D eigenvalue weighted by Crippen LogP contribution is -2.34. The van der Waals surface area contributed by atoms with Crippen LogP contribution in [0.4, 0.5) is 10.1 Å². The lowest BCUT2D eigenvalue weighted by Gasteiger charge is -2.27. The van der Waals surface area contributed by atoms with Gasteiger partial charge >= 0.3 is 0 Å². The summed E-state index contributed by atoms with van der Waals surface area (Å²) in [6.07, 6.45) is 0.908. The predicted octanol–water partition coefficient (Wildman–Crippen LogP) is 4.36. The minimum Gasteiger partial charge on any atom is -0.497 e. The van der Waals surface area contributed by atoms with E-state index in [4.69, 9.17) is 17.0 Å². The number of thioether (sulfide) groups is 1. The standard InChI is InChI=1S/C17H17FN2OS2/c1-21-13-5-3-12(4-6-13)19-17(22)20-15-8-9-23-16-7-2-11(18)10-14(15)16/h2-7,10,15H,8-9H2,1H3,(H2,19,20,22)/t15-/m1/s1. The highest BCUT2D eigenvalue weighted by Gasteiger charge is 2.21. The molecule has 3 nitrogen and oxygen atoms in total. The van der Waals surface area contributed by atoms with Gasteiger partial charge in [0.1, 0.15) is 11.6 Å². The first-order valence-corrected chi connectivity index (χ1v) is 8.69. The molecule has 0 bridgehead atoms. The fourth-order valence-corrected chi connectivity index (χ4v) is 3.88. The van der Waals surface area contributed by atoms with E-state index >= 15 is 0 Å². The van der Waals surface area contributed by atoms with Crippen molar-refractivity contribution in [2.75, 3.05) is 18.2 Å². The molecule has 0 spiro atoms. The van der Waals surface area contributed by atoms with Crippen LogP contribution < -0.4 is 15.4 Å². The fourth-order valence-electron chi connectivity index (χ4n) is 2.52. The Labute approximate surface area is 144 Å². The van der Waals surface area contributed by atoms with Gasteiger partial charge in [-0.05, 0) is 66.7 Å². The van der Waals surface area contributed by atoms with Crippen LogP contribution >= 0.6 is 24.0 Å². The molecule has 1 aliphatic heterocycles. The van der Waals surface area contributed by atoms with Gasteiger partial charge in [0, 0.05) is 16.3 Å². The van der Waals surface area contributed by atoms with Crippen molar-refractivity contribution < 1.29 is 9.13 Å². The zero-order chi connectivity index (χ0) is 16.2. The summed E-state index contributed by atoms with van der Waals surface area (Å²) < 4.78 is 18.7. The smallest absolute Gasteiger partial charge is 0.171 e. The number of halogens is 1. The van der Waals surface area contributed by atoms with Gasteiger partial charge in [-0.15, -0.1) is 11.8 Å². The monoisotopic (exact) mass is 348 g/mol. The molecule has 6 heteroatoms. The molecule has 2 aromatic rings. The maximum atomic E-state index is 13.5. The lowest BCUT2D eigenvalue weighted by molar-refractivity contribution is 0.415. The van der Waals surface area contributed by atoms with Crippen molar-refractivity contribution in [3.63, 3.8) is 0 Å². The Kier molecular flexibility index (Phi) is 5.03. The molecule has 2 N–H and O–H groups in total. The first kappa shape index (κ1) is 16.1. The van der Waals surface area contributed by atoms with Crippen molar-refractivity contribution in [3.05, 3.63) is 53.8 Å². The highest BCUT2D eigenvalue weighted by atomic mass is 32.2. The summed E-state index contributed by atoms with van der Waals surface area (Å²) in [7, 11) is 1.63. The van der Waals surface area contributed by atoms with E-state index in [1.807, 2.05) is 30.3 Å². The van der Waals surface area contributed by atoms with E-state index in [2.05, 4.69) is 10.6 Å². The molecule has 0 fully saturated rings. The summed E-state index contributed by atoms with van der Waals surface area (Å²) in [5.74, 6) is 1.57. The number of thiocarbonyl (C=S) groups is 1. The molecule has 0 saturated carbocycles. The number of anilines is 1. The number of nitrogens with one attached hydrogen (secondary N) is 2. The maximum absolute atomic E-state index is 13.5. The van der Waals surface area contributed by atoms with E-state index in [0.717, 1.165) is 34.1 Å². The van der Waals surface area contributed by atoms with E-state index in [9.17, 15) is 4.39 Å². The van der Waals surface area contributed by atoms with Crippen molar-refractivity contribution in [2.45, 2.75) is 17.4 Å². The van der Waals surface area contributed by atoms with Gasteiger partial charge < -0.3 is 15.4 Å². The number of fused-ring (bicyclic) bond motifs is 1. The minimum atomic E-state index is -0.216. The number of hydrogen-bond acceptors (Lipinski definition) is 3. The quantitative estimate of drug-likeness (QED) is 0.806. The van der Waals surface area contributed by atoms with E-state index in [1.165, 1.54) is 6.07 Å². The lowest BCUT2D eigenvalue weighted by atomic mass is 10.0. The molecule has 1 aliphatic rings. The second kappa shape index (κ2) is 7.19. The second-order valence-electron chi connectivity index (χ2n) is 5.20. The Bertz CT molecular complexity index is 706. The fraction of sp³-hybridized carbons (Fsp3) is 0.235. The molecule has 1 atom stereocenters. The highest BCUT2D eigenvalue weighted by molar-refractivity contribution is 7.99. The summed E-state index contributed by atoms with van der Waals surface area (Å²) >= 11 is 7.14. The zero-order valence-electron chi connectivity index (χ0n) is 12.6. The van der Waals surface area contributed by atoms with Crippen LogP contribution in [0.5, 0.6) is 5.75 Å². The molecule has 0 radical (unpaired) electrons. The third kappa shape index (κ3) is 3.95. The first-order valence-electron chi connectivity index (χ1n) is 7.29. The van der Waals surface area contributed by atoms with E-state index < -0.39 is 0 Å². The molecule has 2 aromatic carbocycles. The van der Waals surface area contributed by atoms with Crippen LogP contribution in [0, 0.1) is 5.82 Å². The summed E-state index contributed by atoms with van der Waals surface area (Å²) in [5.41, 5.74) is 1.85. The molecular formula is C17H17FN2OS2. The SMILES string of the molecule is COc1ccc(NC(=S)N[C@@H]2CCSc3ccc(F)cc32)cc1. The molecule has 0 amide bonds. The first-order chi connectivity index (χ1) is 11.2. The Balaban J connectivity index is 1.67. The third-order valence-corrected chi connectivity index (χ3v) is 5.01. The van der Waals surface area contributed by atoms with E-state index in [-0.39, 0.29) is 11.9 Å². The van der Waals surface area contributed by atoms with Gasteiger partial charge in [-0.1, -0.05) is 0 Å². The van der Waals surface area contributed by atoms with E-state index in [0.29, 0.717) is 5.11 Å². The molecule has 120 valence electrons. The Hall–Kier alpha value is -1.79. The largest absolute Gasteiger partial charge is 0.497 e. The molecule has 0 aliphatic carbocycles. The van der Waals surface area contributed by atoms with Gasteiger partial charge in [-0.25, -0.2) is 4.39 Å². The van der Waals surface area contributed by atoms with Crippen LogP contribution in [0.3, 0.4) is 0 Å². The van der Waals surface area contributed by atoms with Crippen LogP contribution in [-0.4, -0.2) is 18.0 Å². The maximum Gasteiger partial charge on any atom is 0.171 e. The Morgan fingerprint density at radius 2 is 2.04 bits per heavy atom. The molecule has 0 unspecified atom stereocenters. The number of ether oxygens (including phenoxy) is 1. The number of rotatable bonds is 3. The highest BCUT2D eigenvalue weighted by Crippen LogP contribution is 2.36. The third-order valence-electron chi connectivity index (χ3n) is 3.66. The van der Waals surface area contributed by atoms with E-state index in [1.54, 1.807) is 24.9 Å². The van der Waals surface area contributed by atoms with Gasteiger partial charge in [0.15, 0.2) is 5.11 Å².